The Morgan fingerprint density at radius 1 is 1.16 bits per heavy atom. The van der Waals surface area contributed by atoms with Gasteiger partial charge in [0.2, 0.25) is 5.91 Å². The fourth-order valence-corrected chi connectivity index (χ4v) is 3.93. The standard InChI is InChI=1S/C25H21N5O/c1-2-23(31)30-12-11-21(15-30)29-25-22-14-20(28-24(22)26-16-27-25)10-8-17-7-9-18-5-3-4-6-19(18)13-17/h2-7,9,13-14,16,21H,1,11-12,15H2,(H2,26,27,28,29)/t21-/m1/s1. The number of hydrogen-bond acceptors (Lipinski definition) is 4. The first kappa shape index (κ1) is 18.9. The molecule has 6 heteroatoms. The number of nitrogens with zero attached hydrogens (tertiary/aromatic N) is 3. The molecule has 2 aromatic carbocycles. The van der Waals surface area contributed by atoms with Gasteiger partial charge in [-0.3, -0.25) is 4.79 Å². The number of aromatic amines is 1. The fraction of sp³-hybridized carbons (Fsp3) is 0.160. The lowest BCUT2D eigenvalue weighted by Crippen LogP contribution is -2.30. The first-order valence-corrected chi connectivity index (χ1v) is 10.2. The van der Waals surface area contributed by atoms with E-state index >= 15 is 0 Å². The summed E-state index contributed by atoms with van der Waals surface area (Å²) >= 11 is 0. The third kappa shape index (κ3) is 3.86. The summed E-state index contributed by atoms with van der Waals surface area (Å²) in [5.41, 5.74) is 2.47. The molecule has 0 aliphatic carbocycles. The Morgan fingerprint density at radius 3 is 2.90 bits per heavy atom. The van der Waals surface area contributed by atoms with Crippen LogP contribution in [-0.2, 0) is 4.79 Å². The van der Waals surface area contributed by atoms with E-state index < -0.39 is 0 Å². The van der Waals surface area contributed by atoms with Crippen LogP contribution in [0.3, 0.4) is 0 Å². The topological polar surface area (TPSA) is 73.9 Å². The highest BCUT2D eigenvalue weighted by atomic mass is 16.2. The van der Waals surface area contributed by atoms with Gasteiger partial charge in [0, 0.05) is 24.7 Å². The van der Waals surface area contributed by atoms with Crippen LogP contribution in [0, 0.1) is 11.8 Å². The van der Waals surface area contributed by atoms with Crippen molar-refractivity contribution in [2.75, 3.05) is 18.4 Å². The number of aromatic nitrogens is 3. The van der Waals surface area contributed by atoms with Gasteiger partial charge in [0.25, 0.3) is 0 Å². The van der Waals surface area contributed by atoms with Crippen molar-refractivity contribution in [3.8, 4) is 11.8 Å². The van der Waals surface area contributed by atoms with Crippen LogP contribution in [0.25, 0.3) is 21.8 Å². The quantitative estimate of drug-likeness (QED) is 0.401. The second-order valence-corrected chi connectivity index (χ2v) is 7.60. The average Bonchev–Trinajstić information content (AvgIpc) is 3.44. The molecule has 1 aliphatic rings. The molecule has 0 radical (unpaired) electrons. The minimum absolute atomic E-state index is 0.0370. The van der Waals surface area contributed by atoms with Crippen LogP contribution in [0.15, 0.2) is 67.5 Å². The lowest BCUT2D eigenvalue weighted by atomic mass is 10.1. The first-order chi connectivity index (χ1) is 15.2. The highest BCUT2D eigenvalue weighted by Gasteiger charge is 2.25. The predicted molar refractivity (Wildman–Crippen MR) is 123 cm³/mol. The Kier molecular flexibility index (Phi) is 4.85. The summed E-state index contributed by atoms with van der Waals surface area (Å²) in [6, 6.07) is 16.6. The van der Waals surface area contributed by atoms with E-state index in [4.69, 9.17) is 0 Å². The van der Waals surface area contributed by atoms with Gasteiger partial charge in [-0.25, -0.2) is 9.97 Å². The third-order valence-corrected chi connectivity index (χ3v) is 5.53. The molecule has 31 heavy (non-hydrogen) atoms. The van der Waals surface area contributed by atoms with Crippen LogP contribution in [0.4, 0.5) is 5.82 Å². The van der Waals surface area contributed by atoms with Crippen molar-refractivity contribution in [2.24, 2.45) is 0 Å². The molecule has 0 spiro atoms. The summed E-state index contributed by atoms with van der Waals surface area (Å²) in [6.45, 7) is 4.91. The third-order valence-electron chi connectivity index (χ3n) is 5.53. The molecule has 1 fully saturated rings. The molecule has 1 atom stereocenters. The Labute approximate surface area is 180 Å². The molecular weight excluding hydrogens is 386 g/mol. The number of anilines is 1. The monoisotopic (exact) mass is 407 g/mol. The van der Waals surface area contributed by atoms with E-state index in [1.165, 1.54) is 23.2 Å². The van der Waals surface area contributed by atoms with E-state index in [9.17, 15) is 4.79 Å². The predicted octanol–water partition coefficient (Wildman–Crippen LogP) is 3.71. The van der Waals surface area contributed by atoms with Crippen molar-refractivity contribution in [3.05, 3.63) is 78.8 Å². The van der Waals surface area contributed by atoms with Gasteiger partial charge in [-0.15, -0.1) is 0 Å². The molecule has 2 aromatic heterocycles. The molecule has 2 N–H and O–H groups in total. The van der Waals surface area contributed by atoms with Gasteiger partial charge >= 0.3 is 0 Å². The summed E-state index contributed by atoms with van der Waals surface area (Å²) in [6.07, 6.45) is 3.76. The molecule has 5 rings (SSSR count). The van der Waals surface area contributed by atoms with Crippen molar-refractivity contribution in [3.63, 3.8) is 0 Å². The summed E-state index contributed by atoms with van der Waals surface area (Å²) in [5, 5.41) is 6.71. The number of hydrogen-bond donors (Lipinski definition) is 2. The number of rotatable bonds is 3. The van der Waals surface area contributed by atoms with Gasteiger partial charge in [0.05, 0.1) is 11.1 Å². The molecule has 4 aromatic rings. The SMILES string of the molecule is C=CC(=O)N1CC[C@@H](Nc2ncnc3[nH]c(C#Cc4ccc5ccccc5c4)cc23)C1. The summed E-state index contributed by atoms with van der Waals surface area (Å²) < 4.78 is 0. The van der Waals surface area contributed by atoms with Gasteiger partial charge in [0.1, 0.15) is 17.8 Å². The number of carbonyl (C=O) groups is 1. The zero-order chi connectivity index (χ0) is 21.2. The normalized spacial score (nSPS) is 15.6. The maximum absolute atomic E-state index is 11.8. The Bertz CT molecular complexity index is 1360. The van der Waals surface area contributed by atoms with E-state index in [-0.39, 0.29) is 11.9 Å². The van der Waals surface area contributed by atoms with Crippen molar-refractivity contribution in [1.82, 2.24) is 19.9 Å². The molecular formula is C25H21N5O. The highest BCUT2D eigenvalue weighted by Crippen LogP contribution is 2.23. The minimum Gasteiger partial charge on any atom is -0.365 e. The first-order valence-electron chi connectivity index (χ1n) is 10.2. The van der Waals surface area contributed by atoms with Crippen molar-refractivity contribution >= 4 is 33.5 Å². The van der Waals surface area contributed by atoms with Crippen LogP contribution >= 0.6 is 0 Å². The van der Waals surface area contributed by atoms with E-state index in [2.05, 4.69) is 63.0 Å². The number of nitrogens with one attached hydrogen (secondary N) is 2. The largest absolute Gasteiger partial charge is 0.365 e. The number of H-pyrrole nitrogens is 1. The van der Waals surface area contributed by atoms with E-state index in [0.717, 1.165) is 34.5 Å². The highest BCUT2D eigenvalue weighted by molar-refractivity contribution is 5.89. The van der Waals surface area contributed by atoms with Gasteiger partial charge in [-0.05, 0) is 47.4 Å². The van der Waals surface area contributed by atoms with Crippen LogP contribution in [0.5, 0.6) is 0 Å². The van der Waals surface area contributed by atoms with Crippen LogP contribution < -0.4 is 5.32 Å². The Morgan fingerprint density at radius 2 is 2.03 bits per heavy atom. The molecule has 0 saturated carbocycles. The minimum atomic E-state index is -0.0370. The fourth-order valence-electron chi connectivity index (χ4n) is 3.93. The Balaban J connectivity index is 1.38. The zero-order valence-corrected chi connectivity index (χ0v) is 16.9. The maximum atomic E-state index is 11.8. The van der Waals surface area contributed by atoms with Crippen molar-refractivity contribution in [2.45, 2.75) is 12.5 Å². The van der Waals surface area contributed by atoms with E-state index in [1.807, 2.05) is 24.3 Å². The molecule has 1 aliphatic heterocycles. The number of fused-ring (bicyclic) bond motifs is 2. The lowest BCUT2D eigenvalue weighted by molar-refractivity contribution is -0.125. The van der Waals surface area contributed by atoms with Crippen molar-refractivity contribution in [1.29, 1.82) is 0 Å². The number of amides is 1. The Hall–Kier alpha value is -4.11. The van der Waals surface area contributed by atoms with Crippen LogP contribution in [0.2, 0.25) is 0 Å². The molecule has 0 bridgehead atoms. The van der Waals surface area contributed by atoms with Gasteiger partial charge in [-0.2, -0.15) is 0 Å². The van der Waals surface area contributed by atoms with Gasteiger partial charge < -0.3 is 15.2 Å². The van der Waals surface area contributed by atoms with E-state index in [1.54, 1.807) is 4.90 Å². The van der Waals surface area contributed by atoms with E-state index in [0.29, 0.717) is 13.1 Å². The molecule has 0 unspecified atom stereocenters. The number of benzene rings is 2. The summed E-state index contributed by atoms with van der Waals surface area (Å²) in [7, 11) is 0. The van der Waals surface area contributed by atoms with Gasteiger partial charge in [0.15, 0.2) is 0 Å². The molecule has 3 heterocycles. The van der Waals surface area contributed by atoms with Gasteiger partial charge in [-0.1, -0.05) is 42.8 Å². The summed E-state index contributed by atoms with van der Waals surface area (Å²) in [4.78, 5) is 25.6. The number of carbonyl (C=O) groups excluding carboxylic acids is 1. The van der Waals surface area contributed by atoms with Crippen molar-refractivity contribution < 1.29 is 4.79 Å². The smallest absolute Gasteiger partial charge is 0.246 e. The molecule has 152 valence electrons. The number of likely N-dealkylation sites (tertiary alicyclic amines) is 1. The maximum Gasteiger partial charge on any atom is 0.246 e. The average molecular weight is 407 g/mol. The molecule has 6 nitrogen and oxygen atoms in total. The zero-order valence-electron chi connectivity index (χ0n) is 16.9. The second-order valence-electron chi connectivity index (χ2n) is 7.60. The van der Waals surface area contributed by atoms with Crippen LogP contribution in [-0.4, -0.2) is 44.9 Å². The molecule has 1 amide bonds. The summed E-state index contributed by atoms with van der Waals surface area (Å²) in [5.74, 6) is 7.14. The molecule has 1 saturated heterocycles. The lowest BCUT2D eigenvalue weighted by Gasteiger charge is -2.15. The second kappa shape index (κ2) is 7.96. The van der Waals surface area contributed by atoms with Crippen LogP contribution in [0.1, 0.15) is 17.7 Å².